The first-order chi connectivity index (χ1) is 14.9. The minimum atomic E-state index is -3.73. The molecule has 2 aromatic carbocycles. The lowest BCUT2D eigenvalue weighted by atomic mass is 10.1. The molecule has 0 bridgehead atoms. The van der Waals surface area contributed by atoms with Crippen LogP contribution in [-0.4, -0.2) is 32.0 Å². The van der Waals surface area contributed by atoms with Crippen LogP contribution in [0.15, 0.2) is 58.9 Å². The number of ether oxygens (including phenoxy) is 1. The molecule has 1 aliphatic rings. The van der Waals surface area contributed by atoms with Crippen molar-refractivity contribution in [1.29, 1.82) is 0 Å². The molecule has 31 heavy (non-hydrogen) atoms. The minimum absolute atomic E-state index is 0. The number of anilines is 2. The van der Waals surface area contributed by atoms with Gasteiger partial charge in [-0.25, -0.2) is 13.4 Å². The van der Waals surface area contributed by atoms with Gasteiger partial charge in [-0.1, -0.05) is 13.0 Å². The number of aryl methyl sites for hydroxylation is 2. The third kappa shape index (κ3) is 4.72. The molecule has 7 nitrogen and oxygen atoms in total. The Morgan fingerprint density at radius 3 is 2.71 bits per heavy atom. The van der Waals surface area contributed by atoms with Gasteiger partial charge in [-0.05, 0) is 60.9 Å². The number of carbonyl (C=O) groups excluding carboxylic acids is 1. The summed E-state index contributed by atoms with van der Waals surface area (Å²) in [5, 5.41) is 2.00. The predicted molar refractivity (Wildman–Crippen MR) is 123 cm³/mol. The first-order valence-corrected chi connectivity index (χ1v) is 12.3. The van der Waals surface area contributed by atoms with E-state index in [0.717, 1.165) is 12.0 Å². The number of nitrogens with zero attached hydrogens (tertiary/aromatic N) is 2. The molecule has 0 spiro atoms. The second-order valence-corrected chi connectivity index (χ2v) is 9.91. The smallest absolute Gasteiger partial charge is 0.268 e. The monoisotopic (exact) mass is 459 g/mol. The molecule has 2 heterocycles. The molecule has 9 heteroatoms. The van der Waals surface area contributed by atoms with E-state index in [9.17, 15) is 13.2 Å². The van der Waals surface area contributed by atoms with Gasteiger partial charge in [0.15, 0.2) is 11.2 Å². The van der Waals surface area contributed by atoms with Gasteiger partial charge in [-0.15, -0.1) is 11.3 Å². The number of carbonyl (C=O) groups is 1. The van der Waals surface area contributed by atoms with Crippen molar-refractivity contribution in [2.45, 2.75) is 37.7 Å². The maximum absolute atomic E-state index is 12.9. The van der Waals surface area contributed by atoms with Crippen molar-refractivity contribution in [3.05, 3.63) is 65.2 Å². The summed E-state index contributed by atoms with van der Waals surface area (Å²) in [6, 6.07) is 12.3. The van der Waals surface area contributed by atoms with Crippen LogP contribution in [0.2, 0.25) is 0 Å². The van der Waals surface area contributed by atoms with Crippen LogP contribution in [0, 0.1) is 6.92 Å². The average Bonchev–Trinajstić information content (AvgIpc) is 3.37. The van der Waals surface area contributed by atoms with E-state index in [4.69, 9.17) is 4.74 Å². The number of nitrogens with one attached hydrogen (secondary N) is 1. The zero-order chi connectivity index (χ0) is 22.0. The Kier molecular flexibility index (Phi) is 5.97. The number of hydrogen-bond acceptors (Lipinski definition) is 6. The number of rotatable bonds is 7. The van der Waals surface area contributed by atoms with Gasteiger partial charge in [-0.3, -0.25) is 9.52 Å². The average molecular weight is 460 g/mol. The summed E-state index contributed by atoms with van der Waals surface area (Å²) >= 11 is 1.20. The highest BCUT2D eigenvalue weighted by molar-refractivity contribution is 7.93. The SMILES string of the molecule is CCc1cc(C)cc(OC2CCN(c3ccc(S(=O)(=O)Nc4nccs4)cc3)C2=O)c1.[HH]. The molecular weight excluding hydrogens is 434 g/mol. The van der Waals surface area contributed by atoms with E-state index in [2.05, 4.69) is 22.7 Å². The van der Waals surface area contributed by atoms with Gasteiger partial charge < -0.3 is 9.64 Å². The molecule has 1 fully saturated rings. The summed E-state index contributed by atoms with van der Waals surface area (Å²) < 4.78 is 33.4. The summed E-state index contributed by atoms with van der Waals surface area (Å²) in [6.45, 7) is 4.60. The van der Waals surface area contributed by atoms with E-state index in [0.29, 0.717) is 29.5 Å². The number of thiazole rings is 1. The van der Waals surface area contributed by atoms with Crippen molar-refractivity contribution in [3.8, 4) is 5.75 Å². The van der Waals surface area contributed by atoms with Gasteiger partial charge in [0.2, 0.25) is 0 Å². The molecule has 164 valence electrons. The van der Waals surface area contributed by atoms with Gasteiger partial charge in [0.05, 0.1) is 4.90 Å². The number of hydrogen-bond donors (Lipinski definition) is 1. The normalized spacial score (nSPS) is 16.5. The van der Waals surface area contributed by atoms with Crippen LogP contribution < -0.4 is 14.4 Å². The van der Waals surface area contributed by atoms with E-state index in [1.54, 1.807) is 22.4 Å². The summed E-state index contributed by atoms with van der Waals surface area (Å²) in [5.74, 6) is 0.572. The molecule has 1 unspecified atom stereocenters. The maximum atomic E-state index is 12.9. The fourth-order valence-corrected chi connectivity index (χ4v) is 5.32. The zero-order valence-corrected chi connectivity index (χ0v) is 18.9. The molecule has 1 aromatic heterocycles. The molecule has 0 saturated carbocycles. The Balaban J connectivity index is 0.00000289. The van der Waals surface area contributed by atoms with Gasteiger partial charge in [0, 0.05) is 31.7 Å². The minimum Gasteiger partial charge on any atom is -0.480 e. The molecular formula is C22H25N3O4S2. The highest BCUT2D eigenvalue weighted by Crippen LogP contribution is 2.27. The second kappa shape index (κ2) is 8.68. The Morgan fingerprint density at radius 1 is 1.26 bits per heavy atom. The maximum Gasteiger partial charge on any atom is 0.268 e. The lowest BCUT2D eigenvalue weighted by Crippen LogP contribution is -2.32. The number of sulfonamides is 1. The Morgan fingerprint density at radius 2 is 2.03 bits per heavy atom. The molecule has 1 N–H and O–H groups in total. The molecule has 1 aliphatic heterocycles. The highest BCUT2D eigenvalue weighted by Gasteiger charge is 2.34. The lowest BCUT2D eigenvalue weighted by molar-refractivity contribution is -0.122. The fraction of sp³-hybridized carbons (Fsp3) is 0.273. The summed E-state index contributed by atoms with van der Waals surface area (Å²) in [7, 11) is -3.73. The van der Waals surface area contributed by atoms with Crippen LogP contribution in [0.3, 0.4) is 0 Å². The molecule has 0 aliphatic carbocycles. The molecule has 3 aromatic rings. The summed E-state index contributed by atoms with van der Waals surface area (Å²) in [4.78, 5) is 18.6. The van der Waals surface area contributed by atoms with E-state index < -0.39 is 16.1 Å². The number of amides is 1. The van der Waals surface area contributed by atoms with Gasteiger partial charge >= 0.3 is 0 Å². The molecule has 1 saturated heterocycles. The van der Waals surface area contributed by atoms with Crippen LogP contribution in [0.4, 0.5) is 10.8 Å². The van der Waals surface area contributed by atoms with Crippen LogP contribution in [0.5, 0.6) is 5.75 Å². The lowest BCUT2D eigenvalue weighted by Gasteiger charge is -2.18. The molecule has 4 rings (SSSR count). The molecule has 1 atom stereocenters. The van der Waals surface area contributed by atoms with Crippen molar-refractivity contribution in [2.24, 2.45) is 0 Å². The van der Waals surface area contributed by atoms with E-state index >= 15 is 0 Å². The van der Waals surface area contributed by atoms with Crippen molar-refractivity contribution in [1.82, 2.24) is 4.98 Å². The van der Waals surface area contributed by atoms with Crippen molar-refractivity contribution >= 4 is 38.1 Å². The van der Waals surface area contributed by atoms with E-state index in [-0.39, 0.29) is 12.2 Å². The zero-order valence-electron chi connectivity index (χ0n) is 17.2. The van der Waals surface area contributed by atoms with Crippen LogP contribution in [0.1, 0.15) is 25.9 Å². The fourth-order valence-electron chi connectivity index (χ4n) is 3.53. The van der Waals surface area contributed by atoms with Crippen LogP contribution in [0.25, 0.3) is 0 Å². The summed E-state index contributed by atoms with van der Waals surface area (Å²) in [6.07, 6.45) is 2.44. The third-order valence-corrected chi connectivity index (χ3v) is 7.24. The van der Waals surface area contributed by atoms with E-state index in [1.807, 2.05) is 19.1 Å². The van der Waals surface area contributed by atoms with Gasteiger partial charge in [-0.2, -0.15) is 0 Å². The second-order valence-electron chi connectivity index (χ2n) is 7.33. The van der Waals surface area contributed by atoms with Crippen LogP contribution >= 0.6 is 11.3 Å². The van der Waals surface area contributed by atoms with Crippen molar-refractivity contribution in [3.63, 3.8) is 0 Å². The number of aromatic nitrogens is 1. The Bertz CT molecular complexity index is 1180. The molecule has 0 radical (unpaired) electrons. The van der Waals surface area contributed by atoms with E-state index in [1.165, 1.54) is 35.2 Å². The highest BCUT2D eigenvalue weighted by atomic mass is 32.2. The predicted octanol–water partition coefficient (Wildman–Crippen LogP) is 4.25. The quantitative estimate of drug-likeness (QED) is 0.571. The molecule has 1 amide bonds. The third-order valence-electron chi connectivity index (χ3n) is 5.07. The summed E-state index contributed by atoms with van der Waals surface area (Å²) in [5.41, 5.74) is 2.91. The van der Waals surface area contributed by atoms with Crippen LogP contribution in [-0.2, 0) is 21.2 Å². The van der Waals surface area contributed by atoms with Crippen molar-refractivity contribution in [2.75, 3.05) is 16.2 Å². The van der Waals surface area contributed by atoms with Gasteiger partial charge in [0.25, 0.3) is 15.9 Å². The number of benzene rings is 2. The van der Waals surface area contributed by atoms with Gasteiger partial charge in [0.1, 0.15) is 5.75 Å². The Hall–Kier alpha value is -2.91. The topological polar surface area (TPSA) is 88.6 Å². The first kappa shape index (κ1) is 21.3. The van der Waals surface area contributed by atoms with Crippen molar-refractivity contribution < 1.29 is 19.4 Å². The standard InChI is InChI=1S/C22H23N3O4S2.H2/c1-3-16-12-15(2)13-18(14-16)29-20-8-10-25(21(20)26)17-4-6-19(7-5-17)31(27,28)24-22-23-9-11-30-22;/h4-7,9,11-14,20H,3,8,10H2,1-2H3,(H,23,24);1H. The Labute approximate surface area is 187 Å². The first-order valence-electron chi connectivity index (χ1n) is 9.96. The largest absolute Gasteiger partial charge is 0.480 e.